The lowest BCUT2D eigenvalue weighted by Crippen LogP contribution is -2.24. The van der Waals surface area contributed by atoms with Gasteiger partial charge in [-0.15, -0.1) is 0 Å². The Kier molecular flexibility index (Phi) is 4.53. The van der Waals surface area contributed by atoms with Crippen molar-refractivity contribution in [3.63, 3.8) is 0 Å². The highest BCUT2D eigenvalue weighted by Crippen LogP contribution is 2.25. The number of rotatable bonds is 5. The summed E-state index contributed by atoms with van der Waals surface area (Å²) in [6, 6.07) is 12.6. The van der Waals surface area contributed by atoms with E-state index in [1.807, 2.05) is 12.1 Å². The van der Waals surface area contributed by atoms with Gasteiger partial charge in [-0.1, -0.05) is 42.8 Å². The summed E-state index contributed by atoms with van der Waals surface area (Å²) < 4.78 is 0. The van der Waals surface area contributed by atoms with Crippen molar-refractivity contribution in [2.45, 2.75) is 26.3 Å². The number of benzene rings is 1. The highest BCUT2D eigenvalue weighted by molar-refractivity contribution is 5.45. The molecule has 1 aromatic carbocycles. The number of hydrogen-bond acceptors (Lipinski definition) is 3. The fraction of sp³-hybridized carbons (Fsp3) is 0.312. The van der Waals surface area contributed by atoms with E-state index in [0.29, 0.717) is 5.82 Å². The summed E-state index contributed by atoms with van der Waals surface area (Å²) in [6.45, 7) is 5.20. The van der Waals surface area contributed by atoms with Crippen LogP contribution in [0.25, 0.3) is 0 Å². The highest BCUT2D eigenvalue weighted by Gasteiger charge is 2.15. The molecule has 1 unspecified atom stereocenters. The minimum Gasteiger partial charge on any atom is -0.383 e. The average Bonchev–Trinajstić information content (AvgIpc) is 2.43. The second-order valence-corrected chi connectivity index (χ2v) is 4.78. The van der Waals surface area contributed by atoms with Crippen LogP contribution in [0.1, 0.15) is 36.1 Å². The summed E-state index contributed by atoms with van der Waals surface area (Å²) in [5.41, 5.74) is 9.53. The standard InChI is InChI=1S/C16H21N3/c1-3-10-18-15(13-8-6-12(2)7-9-13)14-5-4-11-19-16(14)17/h4-9,11,15,18H,3,10H2,1-2H3,(H2,17,19). The van der Waals surface area contributed by atoms with Gasteiger partial charge in [0.15, 0.2) is 0 Å². The monoisotopic (exact) mass is 255 g/mol. The average molecular weight is 255 g/mol. The molecule has 1 heterocycles. The fourth-order valence-electron chi connectivity index (χ4n) is 2.13. The van der Waals surface area contributed by atoms with Crippen molar-refractivity contribution in [1.82, 2.24) is 10.3 Å². The zero-order chi connectivity index (χ0) is 13.7. The van der Waals surface area contributed by atoms with Gasteiger partial charge >= 0.3 is 0 Å². The smallest absolute Gasteiger partial charge is 0.128 e. The molecule has 3 N–H and O–H groups in total. The Hall–Kier alpha value is -1.87. The van der Waals surface area contributed by atoms with Crippen molar-refractivity contribution < 1.29 is 0 Å². The number of nitrogens with two attached hydrogens (primary N) is 1. The molecular weight excluding hydrogens is 234 g/mol. The molecule has 1 atom stereocenters. The van der Waals surface area contributed by atoms with Crippen molar-refractivity contribution in [1.29, 1.82) is 0 Å². The third kappa shape index (κ3) is 3.32. The Bertz CT molecular complexity index is 520. The van der Waals surface area contributed by atoms with Gasteiger partial charge in [0.1, 0.15) is 5.82 Å². The number of aromatic nitrogens is 1. The van der Waals surface area contributed by atoms with E-state index in [2.05, 4.69) is 48.4 Å². The first-order valence-electron chi connectivity index (χ1n) is 6.72. The van der Waals surface area contributed by atoms with E-state index >= 15 is 0 Å². The summed E-state index contributed by atoms with van der Waals surface area (Å²) in [6.07, 6.45) is 2.81. The number of pyridine rings is 1. The fourth-order valence-corrected chi connectivity index (χ4v) is 2.13. The molecule has 0 amide bonds. The molecule has 0 radical (unpaired) electrons. The van der Waals surface area contributed by atoms with Gasteiger partial charge in [0.25, 0.3) is 0 Å². The van der Waals surface area contributed by atoms with Gasteiger partial charge in [-0.05, 0) is 31.5 Å². The molecule has 0 saturated carbocycles. The van der Waals surface area contributed by atoms with Crippen molar-refractivity contribution in [2.75, 3.05) is 12.3 Å². The third-order valence-corrected chi connectivity index (χ3v) is 3.19. The van der Waals surface area contributed by atoms with Crippen LogP contribution in [-0.2, 0) is 0 Å². The van der Waals surface area contributed by atoms with Gasteiger partial charge in [-0.25, -0.2) is 4.98 Å². The molecule has 0 fully saturated rings. The van der Waals surface area contributed by atoms with E-state index in [1.54, 1.807) is 6.20 Å². The maximum absolute atomic E-state index is 6.01. The second-order valence-electron chi connectivity index (χ2n) is 4.78. The number of anilines is 1. The van der Waals surface area contributed by atoms with Gasteiger partial charge in [0, 0.05) is 11.8 Å². The van der Waals surface area contributed by atoms with E-state index in [4.69, 9.17) is 5.73 Å². The molecule has 2 rings (SSSR count). The Morgan fingerprint density at radius 3 is 2.58 bits per heavy atom. The van der Waals surface area contributed by atoms with Crippen molar-refractivity contribution in [3.8, 4) is 0 Å². The molecule has 0 aliphatic rings. The predicted octanol–water partition coefficient (Wildman–Crippen LogP) is 3.06. The molecule has 0 aliphatic carbocycles. The van der Waals surface area contributed by atoms with Crippen LogP contribution in [0.4, 0.5) is 5.82 Å². The predicted molar refractivity (Wildman–Crippen MR) is 80.0 cm³/mol. The molecule has 0 bridgehead atoms. The number of hydrogen-bond donors (Lipinski definition) is 2. The summed E-state index contributed by atoms with van der Waals surface area (Å²) in [5.74, 6) is 0.594. The van der Waals surface area contributed by atoms with E-state index in [1.165, 1.54) is 11.1 Å². The molecule has 1 aromatic heterocycles. The summed E-state index contributed by atoms with van der Waals surface area (Å²) in [4.78, 5) is 4.19. The van der Waals surface area contributed by atoms with Crippen LogP contribution in [0.3, 0.4) is 0 Å². The van der Waals surface area contributed by atoms with E-state index in [0.717, 1.165) is 18.5 Å². The normalized spacial score (nSPS) is 12.3. The van der Waals surface area contributed by atoms with Crippen molar-refractivity contribution in [3.05, 3.63) is 59.3 Å². The Morgan fingerprint density at radius 2 is 1.95 bits per heavy atom. The maximum Gasteiger partial charge on any atom is 0.128 e. The molecule has 3 heteroatoms. The topological polar surface area (TPSA) is 50.9 Å². The Morgan fingerprint density at radius 1 is 1.21 bits per heavy atom. The minimum atomic E-state index is 0.106. The lowest BCUT2D eigenvalue weighted by Gasteiger charge is -2.20. The van der Waals surface area contributed by atoms with Crippen molar-refractivity contribution >= 4 is 5.82 Å². The quantitative estimate of drug-likeness (QED) is 0.863. The molecule has 19 heavy (non-hydrogen) atoms. The molecule has 0 aliphatic heterocycles. The Balaban J connectivity index is 2.35. The van der Waals surface area contributed by atoms with Crippen molar-refractivity contribution in [2.24, 2.45) is 0 Å². The van der Waals surface area contributed by atoms with E-state index in [-0.39, 0.29) is 6.04 Å². The van der Waals surface area contributed by atoms with Gasteiger partial charge in [0.05, 0.1) is 6.04 Å². The maximum atomic E-state index is 6.01. The number of nitrogens with one attached hydrogen (secondary N) is 1. The van der Waals surface area contributed by atoms with Gasteiger partial charge in [0.2, 0.25) is 0 Å². The van der Waals surface area contributed by atoms with Crippen LogP contribution in [-0.4, -0.2) is 11.5 Å². The molecule has 3 nitrogen and oxygen atoms in total. The molecule has 0 saturated heterocycles. The Labute approximate surface area is 114 Å². The lowest BCUT2D eigenvalue weighted by molar-refractivity contribution is 0.598. The van der Waals surface area contributed by atoms with Crippen LogP contribution in [0, 0.1) is 6.92 Å². The first kappa shape index (κ1) is 13.6. The summed E-state index contributed by atoms with van der Waals surface area (Å²) in [5, 5.41) is 3.54. The largest absolute Gasteiger partial charge is 0.383 e. The number of aryl methyl sites for hydroxylation is 1. The van der Waals surface area contributed by atoms with E-state index < -0.39 is 0 Å². The molecule has 100 valence electrons. The third-order valence-electron chi connectivity index (χ3n) is 3.19. The van der Waals surface area contributed by atoms with Gasteiger partial charge in [-0.3, -0.25) is 0 Å². The molecule has 0 spiro atoms. The van der Waals surface area contributed by atoms with Crippen LogP contribution >= 0.6 is 0 Å². The van der Waals surface area contributed by atoms with Crippen LogP contribution in [0.15, 0.2) is 42.6 Å². The zero-order valence-corrected chi connectivity index (χ0v) is 11.6. The number of nitrogens with zero attached hydrogens (tertiary/aromatic N) is 1. The van der Waals surface area contributed by atoms with Crippen LogP contribution in [0.5, 0.6) is 0 Å². The SMILES string of the molecule is CCCNC(c1ccc(C)cc1)c1cccnc1N. The summed E-state index contributed by atoms with van der Waals surface area (Å²) >= 11 is 0. The zero-order valence-electron chi connectivity index (χ0n) is 11.6. The van der Waals surface area contributed by atoms with E-state index in [9.17, 15) is 0 Å². The first-order valence-corrected chi connectivity index (χ1v) is 6.72. The van der Waals surface area contributed by atoms with Gasteiger partial charge in [-0.2, -0.15) is 0 Å². The first-order chi connectivity index (χ1) is 9.22. The highest BCUT2D eigenvalue weighted by atomic mass is 14.9. The minimum absolute atomic E-state index is 0.106. The second kappa shape index (κ2) is 6.34. The molecule has 2 aromatic rings. The lowest BCUT2D eigenvalue weighted by atomic mass is 9.98. The summed E-state index contributed by atoms with van der Waals surface area (Å²) in [7, 11) is 0. The van der Waals surface area contributed by atoms with Crippen LogP contribution in [0.2, 0.25) is 0 Å². The van der Waals surface area contributed by atoms with Gasteiger partial charge < -0.3 is 11.1 Å². The van der Waals surface area contributed by atoms with Crippen LogP contribution < -0.4 is 11.1 Å². The molecular formula is C16H21N3. The number of nitrogen functional groups attached to an aromatic ring is 1.